The summed E-state index contributed by atoms with van der Waals surface area (Å²) in [5.41, 5.74) is 9.11. The van der Waals surface area contributed by atoms with Crippen molar-refractivity contribution in [1.29, 1.82) is 0 Å². The van der Waals surface area contributed by atoms with Crippen LogP contribution in [-0.2, 0) is 9.59 Å². The standard InChI is InChI=1S/C17H21NO.C14H17NO.C5H12.C5H10.3H2/c1-12(2)10-16-11-18(17(19)13(16)3)14(4)15-8-6-5-7-9-15;1-10-9-15(14(16)11(10)2)12(3)13-7-5-4-6-8-13;2*1-4-5(2)3;;;/h5-10,14H,11H2,1-4H3;4-8,12H,9H2,1-3H3;5H,4H2,1-3H3;4H,1-3H3;3*1H/i;;;;2*1+1D;1+1. The van der Waals surface area contributed by atoms with Crippen LogP contribution in [0.25, 0.3) is 0 Å². The maximum atomic E-state index is 12.4. The van der Waals surface area contributed by atoms with Crippen molar-refractivity contribution in [2.45, 2.75) is 109 Å². The van der Waals surface area contributed by atoms with E-state index in [2.05, 4.69) is 98.7 Å². The van der Waals surface area contributed by atoms with Gasteiger partial charge in [-0.05, 0) is 97.4 Å². The minimum atomic E-state index is 0. The lowest BCUT2D eigenvalue weighted by molar-refractivity contribution is -0.128. The molecule has 2 aliphatic heterocycles. The molecule has 2 amide bonds. The molecule has 0 aliphatic carbocycles. The minimum Gasteiger partial charge on any atom is -0.328 e. The summed E-state index contributed by atoms with van der Waals surface area (Å²) in [5, 5.41) is 0. The zero-order valence-electron chi connectivity index (χ0n) is 34.5. The zero-order valence-corrected chi connectivity index (χ0v) is 30.5. The number of hydrogen-bond acceptors (Lipinski definition) is 2. The Kier molecular flexibility index (Phi) is 15.7. The second-order valence-corrected chi connectivity index (χ2v) is 13.0. The Morgan fingerprint density at radius 1 is 0.733 bits per heavy atom. The highest BCUT2D eigenvalue weighted by Crippen LogP contribution is 2.30. The van der Waals surface area contributed by atoms with E-state index in [-0.39, 0.29) is 25.3 Å². The van der Waals surface area contributed by atoms with E-state index < -0.39 is 0 Å². The van der Waals surface area contributed by atoms with Crippen molar-refractivity contribution in [2.75, 3.05) is 13.1 Å². The Hall–Kier alpha value is -3.66. The number of nitrogens with zero attached hydrogens (tertiary/aromatic N) is 2. The molecule has 0 bridgehead atoms. The third kappa shape index (κ3) is 12.7. The van der Waals surface area contributed by atoms with Crippen LogP contribution in [0.2, 0.25) is 0 Å². The van der Waals surface area contributed by atoms with E-state index in [1.165, 1.54) is 34.3 Å². The van der Waals surface area contributed by atoms with Crippen LogP contribution >= 0.6 is 0 Å². The molecule has 0 aromatic heterocycles. The number of carbonyl (C=O) groups excluding carboxylic acids is 2. The Bertz CT molecular complexity index is 1360. The lowest BCUT2D eigenvalue weighted by Gasteiger charge is -2.25. The van der Waals surface area contributed by atoms with Crippen LogP contribution < -0.4 is 0 Å². The molecule has 2 unspecified atom stereocenters. The van der Waals surface area contributed by atoms with Crippen LogP contribution in [-0.4, -0.2) is 34.7 Å². The van der Waals surface area contributed by atoms with E-state index in [9.17, 15) is 9.59 Å². The maximum absolute atomic E-state index is 12.4. The fraction of sp³-hybridized carbons (Fsp3) is 0.463. The van der Waals surface area contributed by atoms with Gasteiger partial charge in [0.1, 0.15) is 0 Å². The summed E-state index contributed by atoms with van der Waals surface area (Å²) < 4.78 is 20.0. The van der Waals surface area contributed by atoms with Gasteiger partial charge in [-0.1, -0.05) is 111 Å². The Morgan fingerprint density at radius 3 is 1.42 bits per heavy atom. The lowest BCUT2D eigenvalue weighted by atomic mass is 10.1. The first kappa shape index (κ1) is 35.8. The van der Waals surface area contributed by atoms with Crippen molar-refractivity contribution in [1.82, 2.24) is 9.80 Å². The molecule has 2 aromatic carbocycles. The van der Waals surface area contributed by atoms with Gasteiger partial charge < -0.3 is 9.80 Å². The van der Waals surface area contributed by atoms with Gasteiger partial charge in [-0.3, -0.25) is 9.59 Å². The normalized spacial score (nSPS) is 15.8. The highest BCUT2D eigenvalue weighted by atomic mass is 16.2. The van der Waals surface area contributed by atoms with Crippen molar-refractivity contribution < 1.29 is 17.0 Å². The van der Waals surface area contributed by atoms with Crippen LogP contribution in [0.15, 0.2) is 106 Å². The number of carbonyl (C=O) groups is 2. The first-order valence-electron chi connectivity index (χ1n) is 18.5. The van der Waals surface area contributed by atoms with Gasteiger partial charge in [0, 0.05) is 31.6 Å². The monoisotopic (exact) mass is 624 g/mol. The van der Waals surface area contributed by atoms with Gasteiger partial charge in [0.25, 0.3) is 5.91 Å². The van der Waals surface area contributed by atoms with Gasteiger partial charge in [-0.15, -0.1) is 0 Å². The summed E-state index contributed by atoms with van der Waals surface area (Å²) in [6, 6.07) is 20.6. The molecular weight excluding hydrogens is 552 g/mol. The fourth-order valence-electron chi connectivity index (χ4n) is 4.52. The van der Waals surface area contributed by atoms with E-state index >= 15 is 0 Å². The molecule has 2 aliphatic rings. The van der Waals surface area contributed by atoms with Gasteiger partial charge in [0.2, 0.25) is 5.91 Å². The van der Waals surface area contributed by atoms with Crippen molar-refractivity contribution in [3.63, 3.8) is 0 Å². The molecule has 0 radical (unpaired) electrons. The summed E-state index contributed by atoms with van der Waals surface area (Å²) in [4.78, 5) is 28.2. The average molecular weight is 624 g/mol. The molecule has 0 N–H and O–H groups in total. The van der Waals surface area contributed by atoms with Crippen LogP contribution in [0.1, 0.15) is 127 Å². The molecule has 0 saturated heterocycles. The molecule has 4 heteroatoms. The van der Waals surface area contributed by atoms with E-state index in [1.807, 2.05) is 73.9 Å². The molecule has 4 rings (SSSR count). The molecule has 252 valence electrons. The predicted octanol–water partition coefficient (Wildman–Crippen LogP) is 11.6. The number of amides is 2. The lowest BCUT2D eigenvalue weighted by Crippen LogP contribution is -2.30. The van der Waals surface area contributed by atoms with Crippen molar-refractivity contribution in [2.24, 2.45) is 5.92 Å². The van der Waals surface area contributed by atoms with E-state index in [0.29, 0.717) is 6.54 Å². The van der Waals surface area contributed by atoms with E-state index in [0.717, 1.165) is 29.2 Å². The predicted molar refractivity (Wildman–Crippen MR) is 200 cm³/mol. The number of benzene rings is 2. The quantitative estimate of drug-likeness (QED) is 0.300. The molecule has 2 aromatic rings. The van der Waals surface area contributed by atoms with Gasteiger partial charge in [0.15, 0.2) is 0 Å². The first-order valence-corrected chi connectivity index (χ1v) is 16.5. The summed E-state index contributed by atoms with van der Waals surface area (Å²) in [6.45, 7) is 28.5. The van der Waals surface area contributed by atoms with Crippen molar-refractivity contribution >= 4 is 11.8 Å². The van der Waals surface area contributed by atoms with Gasteiger partial charge >= 0.3 is 0 Å². The molecule has 4 nitrogen and oxygen atoms in total. The highest BCUT2D eigenvalue weighted by Gasteiger charge is 2.30. The summed E-state index contributed by atoms with van der Waals surface area (Å²) in [6.07, 6.45) is 5.50. The summed E-state index contributed by atoms with van der Waals surface area (Å²) in [5.74, 6) is 1.22. The molecule has 2 heterocycles. The van der Waals surface area contributed by atoms with Gasteiger partial charge in [-0.2, -0.15) is 0 Å². The maximum Gasteiger partial charge on any atom is 0.250 e. The Labute approximate surface area is 283 Å². The molecule has 2 atom stereocenters. The zero-order chi connectivity index (χ0) is 38.3. The van der Waals surface area contributed by atoms with Crippen LogP contribution in [0.4, 0.5) is 0 Å². The highest BCUT2D eigenvalue weighted by molar-refractivity contribution is 5.97. The second kappa shape index (κ2) is 19.7. The van der Waals surface area contributed by atoms with Gasteiger partial charge in [0.05, 0.1) is 12.1 Å². The third-order valence-electron chi connectivity index (χ3n) is 8.39. The van der Waals surface area contributed by atoms with Gasteiger partial charge in [-0.25, -0.2) is 0 Å². The topological polar surface area (TPSA) is 40.6 Å². The van der Waals surface area contributed by atoms with E-state index in [1.54, 1.807) is 0 Å². The summed E-state index contributed by atoms with van der Waals surface area (Å²) in [7, 11) is 0. The van der Waals surface area contributed by atoms with E-state index in [4.69, 9.17) is 5.94 Å². The fourth-order valence-corrected chi connectivity index (χ4v) is 4.52. The Morgan fingerprint density at radius 2 is 1.11 bits per heavy atom. The Balaban J connectivity index is -0.000000641. The number of allylic oxidation sites excluding steroid dienone is 3. The van der Waals surface area contributed by atoms with Crippen LogP contribution in [0, 0.1) is 5.92 Å². The molecule has 0 fully saturated rings. The second-order valence-electron chi connectivity index (χ2n) is 13.0. The third-order valence-corrected chi connectivity index (χ3v) is 8.39. The molecule has 0 spiro atoms. The SMILES string of the molecule is CC(C)=CC1=C(C)C(=O)N(C(C)c2ccccc2)C1.CC1=C(C)C(=O)N(C(C)c2ccccc2)C1.CC=C(C)C.CCC(C)C.[2HH].[2H][2H].[2H][2H]. The molecular formula is C41H66N2O2. The van der Waals surface area contributed by atoms with Crippen LogP contribution in [0.5, 0.6) is 0 Å². The van der Waals surface area contributed by atoms with Crippen molar-refractivity contribution in [3.05, 3.63) is 117 Å². The number of rotatable bonds is 6. The minimum absolute atomic E-state index is 0. The summed E-state index contributed by atoms with van der Waals surface area (Å²) >= 11 is 0. The smallest absolute Gasteiger partial charge is 0.250 e. The first-order chi connectivity index (χ1) is 23.2. The average Bonchev–Trinajstić information content (AvgIpc) is 3.54. The number of hydrogen-bond donors (Lipinski definition) is 0. The van der Waals surface area contributed by atoms with Crippen molar-refractivity contribution in [3.8, 4) is 0 Å². The van der Waals surface area contributed by atoms with Crippen LogP contribution in [0.3, 0.4) is 0 Å². The molecule has 45 heavy (non-hydrogen) atoms. The largest absolute Gasteiger partial charge is 0.328 e. The molecule has 0 saturated carbocycles.